The number of methoxy groups -OCH3 is 1. The summed E-state index contributed by atoms with van der Waals surface area (Å²) in [6, 6.07) is 0.567. The minimum atomic E-state index is 0.567. The van der Waals surface area contributed by atoms with Crippen molar-refractivity contribution >= 4 is 21.9 Å². The van der Waals surface area contributed by atoms with E-state index < -0.39 is 0 Å². The Kier molecular flexibility index (Phi) is 4.40. The van der Waals surface area contributed by atoms with Gasteiger partial charge in [0, 0.05) is 19.1 Å². The number of aromatic nitrogens is 2. The first-order valence-electron chi connectivity index (χ1n) is 6.09. The van der Waals surface area contributed by atoms with Crippen LogP contribution in [0.1, 0.15) is 12.8 Å². The zero-order valence-electron chi connectivity index (χ0n) is 11.1. The fraction of sp³-hybridized carbons (Fsp3) is 0.667. The lowest BCUT2D eigenvalue weighted by Gasteiger charge is -2.36. The van der Waals surface area contributed by atoms with E-state index in [1.54, 1.807) is 13.3 Å². The molecule has 6 heteroatoms. The second-order valence-corrected chi connectivity index (χ2v) is 5.59. The second-order valence-electron chi connectivity index (χ2n) is 4.73. The van der Waals surface area contributed by atoms with E-state index in [-0.39, 0.29) is 0 Å². The van der Waals surface area contributed by atoms with Crippen LogP contribution >= 0.6 is 15.9 Å². The zero-order chi connectivity index (χ0) is 13.1. The van der Waals surface area contributed by atoms with Gasteiger partial charge in [0.1, 0.15) is 0 Å². The van der Waals surface area contributed by atoms with Crippen molar-refractivity contribution in [2.75, 3.05) is 39.2 Å². The molecule has 5 nitrogen and oxygen atoms in total. The number of halogens is 1. The van der Waals surface area contributed by atoms with Gasteiger partial charge in [-0.05, 0) is 42.9 Å². The SMILES string of the molecule is COc1nc(N2CCCC(N(C)C)C2)ncc1Br. The maximum absolute atomic E-state index is 5.22. The molecule has 0 aliphatic carbocycles. The van der Waals surface area contributed by atoms with Gasteiger partial charge in [-0.1, -0.05) is 0 Å². The van der Waals surface area contributed by atoms with Crippen LogP contribution in [0.25, 0.3) is 0 Å². The predicted octanol–water partition coefficient (Wildman–Crippen LogP) is 1.78. The lowest BCUT2D eigenvalue weighted by Crippen LogP contribution is -2.45. The smallest absolute Gasteiger partial charge is 0.232 e. The number of ether oxygens (including phenoxy) is 1. The molecule has 0 saturated carbocycles. The summed E-state index contributed by atoms with van der Waals surface area (Å²) >= 11 is 3.37. The number of rotatable bonds is 3. The highest BCUT2D eigenvalue weighted by Crippen LogP contribution is 2.25. The summed E-state index contributed by atoms with van der Waals surface area (Å²) in [5, 5.41) is 0. The molecule has 100 valence electrons. The molecule has 2 rings (SSSR count). The Bertz CT molecular complexity index is 413. The lowest BCUT2D eigenvalue weighted by atomic mass is 10.1. The molecule has 0 N–H and O–H groups in total. The normalized spacial score (nSPS) is 20.3. The largest absolute Gasteiger partial charge is 0.480 e. The van der Waals surface area contributed by atoms with Gasteiger partial charge in [-0.15, -0.1) is 0 Å². The fourth-order valence-electron chi connectivity index (χ4n) is 2.20. The van der Waals surface area contributed by atoms with Gasteiger partial charge in [0.2, 0.25) is 11.8 Å². The average molecular weight is 315 g/mol. The van der Waals surface area contributed by atoms with Gasteiger partial charge < -0.3 is 14.5 Å². The van der Waals surface area contributed by atoms with Crippen LogP contribution in [0.15, 0.2) is 10.7 Å². The molecule has 18 heavy (non-hydrogen) atoms. The van der Waals surface area contributed by atoms with Crippen LogP contribution in [0, 0.1) is 0 Å². The Labute approximate surface area is 116 Å². The van der Waals surface area contributed by atoms with Crippen LogP contribution in [0.4, 0.5) is 5.95 Å². The van der Waals surface area contributed by atoms with E-state index in [1.165, 1.54) is 12.8 Å². The third-order valence-corrected chi connectivity index (χ3v) is 3.85. The fourth-order valence-corrected chi connectivity index (χ4v) is 2.55. The van der Waals surface area contributed by atoms with Crippen LogP contribution < -0.4 is 9.64 Å². The zero-order valence-corrected chi connectivity index (χ0v) is 12.6. The summed E-state index contributed by atoms with van der Waals surface area (Å²) in [4.78, 5) is 13.3. The summed E-state index contributed by atoms with van der Waals surface area (Å²) in [5.74, 6) is 1.34. The van der Waals surface area contributed by atoms with Gasteiger partial charge in [0.15, 0.2) is 0 Å². The summed E-state index contributed by atoms with van der Waals surface area (Å²) in [7, 11) is 5.87. The van der Waals surface area contributed by atoms with Crippen LogP contribution in [0.3, 0.4) is 0 Å². The van der Waals surface area contributed by atoms with Crippen molar-refractivity contribution in [3.8, 4) is 5.88 Å². The minimum absolute atomic E-state index is 0.567. The number of piperidine rings is 1. The quantitative estimate of drug-likeness (QED) is 0.850. The third kappa shape index (κ3) is 2.92. The van der Waals surface area contributed by atoms with E-state index in [0.29, 0.717) is 11.9 Å². The van der Waals surface area contributed by atoms with Gasteiger partial charge in [-0.2, -0.15) is 4.98 Å². The van der Waals surface area contributed by atoms with Crippen molar-refractivity contribution < 1.29 is 4.74 Å². The van der Waals surface area contributed by atoms with Gasteiger partial charge in [-0.3, -0.25) is 0 Å². The van der Waals surface area contributed by atoms with Gasteiger partial charge in [0.05, 0.1) is 17.8 Å². The molecule has 1 saturated heterocycles. The van der Waals surface area contributed by atoms with E-state index in [1.807, 2.05) is 0 Å². The first-order valence-corrected chi connectivity index (χ1v) is 6.89. The van der Waals surface area contributed by atoms with E-state index in [2.05, 4.69) is 49.8 Å². The molecule has 1 atom stereocenters. The van der Waals surface area contributed by atoms with Crippen molar-refractivity contribution in [1.82, 2.24) is 14.9 Å². The first-order chi connectivity index (χ1) is 8.61. The third-order valence-electron chi connectivity index (χ3n) is 3.30. The number of hydrogen-bond acceptors (Lipinski definition) is 5. The number of hydrogen-bond donors (Lipinski definition) is 0. The molecule has 1 aliphatic heterocycles. The van der Waals surface area contributed by atoms with E-state index in [0.717, 1.165) is 23.5 Å². The summed E-state index contributed by atoms with van der Waals surface area (Å²) < 4.78 is 6.00. The van der Waals surface area contributed by atoms with Crippen LogP contribution in [-0.2, 0) is 0 Å². The lowest BCUT2D eigenvalue weighted by molar-refractivity contribution is 0.256. The molecule has 1 aromatic heterocycles. The minimum Gasteiger partial charge on any atom is -0.480 e. The van der Waals surface area contributed by atoms with Crippen molar-refractivity contribution in [1.29, 1.82) is 0 Å². The highest BCUT2D eigenvalue weighted by molar-refractivity contribution is 9.10. The molecule has 0 amide bonds. The maximum Gasteiger partial charge on any atom is 0.232 e. The summed E-state index contributed by atoms with van der Waals surface area (Å²) in [6.45, 7) is 1.98. The highest BCUT2D eigenvalue weighted by Gasteiger charge is 2.23. The monoisotopic (exact) mass is 314 g/mol. The standard InChI is InChI=1S/C12H19BrN4O/c1-16(2)9-5-4-6-17(8-9)12-14-7-10(13)11(15-12)18-3/h7,9H,4-6,8H2,1-3H3. The molecule has 1 aromatic rings. The molecule has 2 heterocycles. The number of anilines is 1. The van der Waals surface area contributed by atoms with Crippen LogP contribution in [-0.4, -0.2) is 55.2 Å². The molecule has 1 unspecified atom stereocenters. The maximum atomic E-state index is 5.22. The molecular weight excluding hydrogens is 296 g/mol. The Morgan fingerprint density at radius 2 is 2.28 bits per heavy atom. The molecule has 1 aliphatic rings. The predicted molar refractivity (Wildman–Crippen MR) is 75.2 cm³/mol. The van der Waals surface area contributed by atoms with Gasteiger partial charge in [-0.25, -0.2) is 4.98 Å². The van der Waals surface area contributed by atoms with Gasteiger partial charge >= 0.3 is 0 Å². The van der Waals surface area contributed by atoms with E-state index in [4.69, 9.17) is 4.74 Å². The number of nitrogens with zero attached hydrogens (tertiary/aromatic N) is 4. The molecule has 1 fully saturated rings. The summed E-state index contributed by atoms with van der Waals surface area (Å²) in [6.07, 6.45) is 4.15. The van der Waals surface area contributed by atoms with Crippen molar-refractivity contribution in [2.24, 2.45) is 0 Å². The molecule has 0 spiro atoms. The highest BCUT2D eigenvalue weighted by atomic mass is 79.9. The molecule has 0 aromatic carbocycles. The molecule has 0 bridgehead atoms. The average Bonchev–Trinajstić information content (AvgIpc) is 2.39. The first kappa shape index (κ1) is 13.5. The van der Waals surface area contributed by atoms with Gasteiger partial charge in [0.25, 0.3) is 0 Å². The number of likely N-dealkylation sites (N-methyl/N-ethyl adjacent to an activating group) is 1. The molecular formula is C12H19BrN4O. The van der Waals surface area contributed by atoms with Crippen molar-refractivity contribution in [3.05, 3.63) is 10.7 Å². The van der Waals surface area contributed by atoms with Crippen LogP contribution in [0.2, 0.25) is 0 Å². The van der Waals surface area contributed by atoms with Crippen molar-refractivity contribution in [2.45, 2.75) is 18.9 Å². The Hall–Kier alpha value is -0.880. The Morgan fingerprint density at radius 1 is 1.50 bits per heavy atom. The van der Waals surface area contributed by atoms with E-state index >= 15 is 0 Å². The van der Waals surface area contributed by atoms with E-state index in [9.17, 15) is 0 Å². The Balaban J connectivity index is 2.15. The van der Waals surface area contributed by atoms with Crippen molar-refractivity contribution in [3.63, 3.8) is 0 Å². The Morgan fingerprint density at radius 3 is 2.94 bits per heavy atom. The topological polar surface area (TPSA) is 41.5 Å². The second kappa shape index (κ2) is 5.84. The van der Waals surface area contributed by atoms with Crippen LogP contribution in [0.5, 0.6) is 5.88 Å². The molecule has 0 radical (unpaired) electrons. The summed E-state index contributed by atoms with van der Waals surface area (Å²) in [5.41, 5.74) is 0.